The summed E-state index contributed by atoms with van der Waals surface area (Å²) in [6.07, 6.45) is 3.42. The number of fused-ring (bicyclic) bond motifs is 1. The third-order valence-corrected chi connectivity index (χ3v) is 2.95. The van der Waals surface area contributed by atoms with Crippen LogP contribution in [0.2, 0.25) is 0 Å². The molecule has 0 N–H and O–H groups in total. The number of carbonyl (C=O) groups is 1. The molecule has 0 spiro atoms. The van der Waals surface area contributed by atoms with E-state index in [1.165, 1.54) is 12.0 Å². The summed E-state index contributed by atoms with van der Waals surface area (Å²) in [5.74, 6) is 0.613. The fourth-order valence-corrected chi connectivity index (χ4v) is 2.09. The molecule has 1 aliphatic carbocycles. The zero-order valence-electron chi connectivity index (χ0n) is 7.59. The lowest BCUT2D eigenvalue weighted by molar-refractivity contribution is -0.140. The molecule has 0 aromatic heterocycles. The van der Waals surface area contributed by atoms with Crippen molar-refractivity contribution in [2.75, 3.05) is 0 Å². The summed E-state index contributed by atoms with van der Waals surface area (Å²) in [5, 5.41) is 0. The van der Waals surface area contributed by atoms with Crippen molar-refractivity contribution in [1.29, 1.82) is 0 Å². The molecule has 12 heavy (non-hydrogen) atoms. The molecular weight excluding hydrogens is 152 g/mol. The van der Waals surface area contributed by atoms with Crippen LogP contribution in [0.5, 0.6) is 0 Å². The maximum absolute atomic E-state index is 11.2. The Balaban J connectivity index is 2.23. The minimum Gasteiger partial charge on any atom is -0.454 e. The number of ether oxygens (including phenoxy) is 1. The van der Waals surface area contributed by atoms with Gasteiger partial charge in [0.15, 0.2) is 0 Å². The van der Waals surface area contributed by atoms with Gasteiger partial charge in [-0.15, -0.1) is 0 Å². The summed E-state index contributed by atoms with van der Waals surface area (Å²) < 4.78 is 5.23. The van der Waals surface area contributed by atoms with Crippen molar-refractivity contribution in [3.05, 3.63) is 11.1 Å². The van der Waals surface area contributed by atoms with Crippen LogP contribution in [0.4, 0.5) is 0 Å². The van der Waals surface area contributed by atoms with Crippen molar-refractivity contribution in [2.24, 2.45) is 5.92 Å². The van der Waals surface area contributed by atoms with Crippen LogP contribution >= 0.6 is 0 Å². The van der Waals surface area contributed by atoms with Crippen molar-refractivity contribution in [1.82, 2.24) is 0 Å². The smallest absolute Gasteiger partial charge is 0.334 e. The molecule has 1 saturated carbocycles. The van der Waals surface area contributed by atoms with Gasteiger partial charge in [0.2, 0.25) is 0 Å². The van der Waals surface area contributed by atoms with Gasteiger partial charge in [-0.3, -0.25) is 0 Å². The minimum atomic E-state index is -0.0934. The first-order valence-electron chi connectivity index (χ1n) is 4.59. The first-order valence-corrected chi connectivity index (χ1v) is 4.59. The van der Waals surface area contributed by atoms with Crippen LogP contribution in [-0.2, 0) is 9.53 Å². The van der Waals surface area contributed by atoms with Gasteiger partial charge in [0.1, 0.15) is 6.10 Å². The van der Waals surface area contributed by atoms with Gasteiger partial charge in [-0.2, -0.15) is 0 Å². The highest BCUT2D eigenvalue weighted by Gasteiger charge is 2.34. The van der Waals surface area contributed by atoms with Gasteiger partial charge in [0.25, 0.3) is 0 Å². The molecule has 0 aromatic carbocycles. The maximum Gasteiger partial charge on any atom is 0.334 e. The Labute approximate surface area is 72.6 Å². The first-order chi connectivity index (χ1) is 5.68. The Kier molecular flexibility index (Phi) is 1.71. The normalized spacial score (nSPS) is 35.0. The lowest BCUT2D eigenvalue weighted by Crippen LogP contribution is -2.20. The van der Waals surface area contributed by atoms with Crippen molar-refractivity contribution < 1.29 is 9.53 Å². The van der Waals surface area contributed by atoms with E-state index < -0.39 is 0 Å². The molecule has 0 radical (unpaired) electrons. The van der Waals surface area contributed by atoms with Crippen molar-refractivity contribution in [3.63, 3.8) is 0 Å². The Morgan fingerprint density at radius 3 is 3.00 bits per heavy atom. The molecular formula is C10H14O2. The van der Waals surface area contributed by atoms with E-state index in [4.69, 9.17) is 4.74 Å². The summed E-state index contributed by atoms with van der Waals surface area (Å²) >= 11 is 0. The molecule has 2 rings (SSSR count). The zero-order chi connectivity index (χ0) is 8.72. The number of hydrogen-bond acceptors (Lipinski definition) is 2. The Bertz CT molecular complexity index is 253. The summed E-state index contributed by atoms with van der Waals surface area (Å²) in [6, 6.07) is 0. The monoisotopic (exact) mass is 166 g/mol. The van der Waals surface area contributed by atoms with Crippen molar-refractivity contribution in [3.8, 4) is 0 Å². The van der Waals surface area contributed by atoms with Crippen LogP contribution in [0, 0.1) is 5.92 Å². The Morgan fingerprint density at radius 2 is 2.25 bits per heavy atom. The molecule has 0 aromatic rings. The first kappa shape index (κ1) is 7.84. The standard InChI is InChI=1S/C10H14O2/c1-6-3-4-8-7(2)10(11)12-9(8)5-6/h6,9H,3-5H2,1-2H3/t6-,9-/m0/s1. The largest absolute Gasteiger partial charge is 0.454 e. The van der Waals surface area contributed by atoms with E-state index in [0.29, 0.717) is 5.92 Å². The van der Waals surface area contributed by atoms with E-state index in [2.05, 4.69) is 6.92 Å². The third-order valence-electron chi connectivity index (χ3n) is 2.95. The molecule has 1 heterocycles. The summed E-state index contributed by atoms with van der Waals surface area (Å²) in [7, 11) is 0. The third kappa shape index (κ3) is 1.06. The van der Waals surface area contributed by atoms with Crippen molar-refractivity contribution in [2.45, 2.75) is 39.2 Å². The van der Waals surface area contributed by atoms with Crippen LogP contribution in [0.3, 0.4) is 0 Å². The van der Waals surface area contributed by atoms with E-state index in [9.17, 15) is 4.79 Å². The second-order valence-electron chi connectivity index (χ2n) is 3.92. The molecule has 66 valence electrons. The number of rotatable bonds is 0. The fourth-order valence-electron chi connectivity index (χ4n) is 2.09. The maximum atomic E-state index is 11.2. The van der Waals surface area contributed by atoms with E-state index >= 15 is 0 Å². The van der Waals surface area contributed by atoms with E-state index in [-0.39, 0.29) is 12.1 Å². The molecule has 0 unspecified atom stereocenters. The van der Waals surface area contributed by atoms with Crippen LogP contribution in [0.15, 0.2) is 11.1 Å². The van der Waals surface area contributed by atoms with Gasteiger partial charge in [0.05, 0.1) is 0 Å². The second kappa shape index (κ2) is 2.61. The van der Waals surface area contributed by atoms with E-state index in [1.807, 2.05) is 6.92 Å². The molecule has 1 fully saturated rings. The topological polar surface area (TPSA) is 26.3 Å². The highest BCUT2D eigenvalue weighted by atomic mass is 16.5. The van der Waals surface area contributed by atoms with E-state index in [0.717, 1.165) is 18.4 Å². The molecule has 2 nitrogen and oxygen atoms in total. The SMILES string of the molecule is CC1=C2CC[C@H](C)C[C@@H]2OC1=O. The molecule has 2 heteroatoms. The average Bonchev–Trinajstić information content (AvgIpc) is 2.28. The van der Waals surface area contributed by atoms with E-state index in [1.54, 1.807) is 0 Å². The quantitative estimate of drug-likeness (QED) is 0.515. The minimum absolute atomic E-state index is 0.0934. The predicted octanol–water partition coefficient (Wildman–Crippen LogP) is 2.05. The Morgan fingerprint density at radius 1 is 1.50 bits per heavy atom. The number of esters is 1. The van der Waals surface area contributed by atoms with Gasteiger partial charge >= 0.3 is 5.97 Å². The lowest BCUT2D eigenvalue weighted by Gasteiger charge is -2.24. The molecule has 0 saturated heterocycles. The second-order valence-corrected chi connectivity index (χ2v) is 3.92. The molecule has 2 atom stereocenters. The van der Waals surface area contributed by atoms with Crippen LogP contribution in [0.25, 0.3) is 0 Å². The summed E-state index contributed by atoms with van der Waals surface area (Å²) in [5.41, 5.74) is 2.13. The van der Waals surface area contributed by atoms with Gasteiger partial charge in [-0.25, -0.2) is 4.79 Å². The van der Waals surface area contributed by atoms with Gasteiger partial charge in [-0.1, -0.05) is 6.92 Å². The molecule has 2 aliphatic rings. The average molecular weight is 166 g/mol. The molecule has 0 bridgehead atoms. The fraction of sp³-hybridized carbons (Fsp3) is 0.700. The summed E-state index contributed by atoms with van der Waals surface area (Å²) in [6.45, 7) is 4.10. The van der Waals surface area contributed by atoms with Crippen LogP contribution in [-0.4, -0.2) is 12.1 Å². The number of hydrogen-bond donors (Lipinski definition) is 0. The van der Waals surface area contributed by atoms with Crippen LogP contribution < -0.4 is 0 Å². The van der Waals surface area contributed by atoms with Gasteiger partial charge in [-0.05, 0) is 37.7 Å². The molecule has 1 aliphatic heterocycles. The Hall–Kier alpha value is -0.790. The van der Waals surface area contributed by atoms with Gasteiger partial charge in [0, 0.05) is 5.57 Å². The predicted molar refractivity (Wildman–Crippen MR) is 45.6 cm³/mol. The lowest BCUT2D eigenvalue weighted by atomic mass is 9.84. The highest BCUT2D eigenvalue weighted by molar-refractivity contribution is 5.91. The summed E-state index contributed by atoms with van der Waals surface area (Å²) in [4.78, 5) is 11.2. The zero-order valence-corrected chi connectivity index (χ0v) is 7.59. The van der Waals surface area contributed by atoms with Gasteiger partial charge < -0.3 is 4.74 Å². The molecule has 0 amide bonds. The highest BCUT2D eigenvalue weighted by Crippen LogP contribution is 2.36. The number of carbonyl (C=O) groups excluding carboxylic acids is 1. The van der Waals surface area contributed by atoms with Crippen molar-refractivity contribution >= 4 is 5.97 Å². The van der Waals surface area contributed by atoms with Crippen LogP contribution in [0.1, 0.15) is 33.1 Å².